The molecule has 0 amide bonds. The van der Waals surface area contributed by atoms with E-state index in [2.05, 4.69) is 15.5 Å². The molecule has 1 N–H and O–H groups in total. The largest absolute Gasteiger partial charge is 0.502 e. The minimum atomic E-state index is -0.677. The van der Waals surface area contributed by atoms with Crippen molar-refractivity contribution < 1.29 is 10.0 Å². The minimum absolute atomic E-state index is 0.386. The van der Waals surface area contributed by atoms with Gasteiger partial charge in [0.15, 0.2) is 5.75 Å². The summed E-state index contributed by atoms with van der Waals surface area (Å²) in [5, 5.41) is 30.1. The molecule has 0 unspecified atom stereocenters. The summed E-state index contributed by atoms with van der Waals surface area (Å²) in [7, 11) is 0. The van der Waals surface area contributed by atoms with Crippen LogP contribution in [0.25, 0.3) is 5.69 Å². The summed E-state index contributed by atoms with van der Waals surface area (Å²) in [6, 6.07) is 3.87. The molecule has 0 radical (unpaired) electrons. The molecule has 1 aromatic heterocycles. The van der Waals surface area contributed by atoms with Gasteiger partial charge in [0.1, 0.15) is 6.33 Å². The molecule has 0 aliphatic rings. The van der Waals surface area contributed by atoms with E-state index in [9.17, 15) is 15.2 Å². The second kappa shape index (κ2) is 3.33. The Balaban J connectivity index is 2.52. The molecule has 0 fully saturated rings. The number of hydrogen-bond donors (Lipinski definition) is 1. The van der Waals surface area contributed by atoms with Crippen molar-refractivity contribution >= 4 is 5.69 Å². The maximum absolute atomic E-state index is 10.5. The summed E-state index contributed by atoms with van der Waals surface area (Å²) < 4.78 is 1.26. The smallest absolute Gasteiger partial charge is 0.312 e. The third-order valence-corrected chi connectivity index (χ3v) is 1.77. The molecule has 0 atom stereocenters. The van der Waals surface area contributed by atoms with Gasteiger partial charge >= 0.3 is 5.69 Å². The molecule has 76 valence electrons. The lowest BCUT2D eigenvalue weighted by molar-refractivity contribution is -0.385. The number of nitro benzene ring substituents is 1. The molecule has 0 bridgehead atoms. The Morgan fingerprint density at radius 2 is 2.27 bits per heavy atom. The lowest BCUT2D eigenvalue weighted by Gasteiger charge is -2.00. The van der Waals surface area contributed by atoms with Crippen LogP contribution < -0.4 is 0 Å². The maximum Gasteiger partial charge on any atom is 0.312 e. The summed E-state index contributed by atoms with van der Waals surface area (Å²) in [6.07, 6.45) is 1.30. The fourth-order valence-electron chi connectivity index (χ4n) is 1.08. The Morgan fingerprint density at radius 1 is 1.47 bits per heavy atom. The highest BCUT2D eigenvalue weighted by Gasteiger charge is 2.14. The van der Waals surface area contributed by atoms with E-state index in [0.717, 1.165) is 0 Å². The zero-order chi connectivity index (χ0) is 10.8. The van der Waals surface area contributed by atoms with Crippen LogP contribution in [0.4, 0.5) is 5.69 Å². The van der Waals surface area contributed by atoms with Gasteiger partial charge < -0.3 is 5.11 Å². The van der Waals surface area contributed by atoms with Crippen LogP contribution in [0.2, 0.25) is 0 Å². The first kappa shape index (κ1) is 9.06. The second-order valence-corrected chi connectivity index (χ2v) is 2.68. The Bertz CT molecular complexity index is 495. The fraction of sp³-hybridized carbons (Fsp3) is 0. The number of rotatable bonds is 2. The summed E-state index contributed by atoms with van der Waals surface area (Å²) in [4.78, 5) is 9.85. The molecule has 15 heavy (non-hydrogen) atoms. The average molecular weight is 207 g/mol. The van der Waals surface area contributed by atoms with Crippen molar-refractivity contribution in [1.29, 1.82) is 0 Å². The van der Waals surface area contributed by atoms with Gasteiger partial charge in [-0.1, -0.05) is 0 Å². The molecular weight excluding hydrogens is 202 g/mol. The van der Waals surface area contributed by atoms with Gasteiger partial charge in [-0.05, 0) is 22.6 Å². The first-order valence-corrected chi connectivity index (χ1v) is 3.89. The monoisotopic (exact) mass is 207 g/mol. The van der Waals surface area contributed by atoms with Gasteiger partial charge in [-0.3, -0.25) is 10.1 Å². The van der Waals surface area contributed by atoms with E-state index in [1.165, 1.54) is 29.2 Å². The van der Waals surface area contributed by atoms with Crippen molar-refractivity contribution in [3.8, 4) is 11.4 Å². The zero-order valence-electron chi connectivity index (χ0n) is 7.31. The molecule has 2 rings (SSSR count). The Kier molecular flexibility index (Phi) is 2.01. The van der Waals surface area contributed by atoms with E-state index < -0.39 is 10.7 Å². The van der Waals surface area contributed by atoms with Crippen molar-refractivity contribution in [2.45, 2.75) is 0 Å². The molecular formula is C7H5N5O3. The standard InChI is InChI=1S/C7H5N5O3/c13-7-2-1-5(3-6(7)12(14)15)11-4-8-9-10-11/h1-4,13H. The SMILES string of the molecule is O=[N+]([O-])c1cc(-n2cnnn2)ccc1O. The van der Waals surface area contributed by atoms with Crippen molar-refractivity contribution in [3.63, 3.8) is 0 Å². The van der Waals surface area contributed by atoms with Crippen LogP contribution in [0.5, 0.6) is 5.75 Å². The number of phenolic OH excluding ortho intramolecular Hbond substituents is 1. The number of benzene rings is 1. The first-order chi connectivity index (χ1) is 7.18. The lowest BCUT2D eigenvalue weighted by Crippen LogP contribution is -1.97. The molecule has 0 aliphatic heterocycles. The summed E-state index contributed by atoms with van der Waals surface area (Å²) in [5.74, 6) is -0.392. The van der Waals surface area contributed by atoms with Crippen LogP contribution in [0.1, 0.15) is 0 Å². The molecule has 0 spiro atoms. The van der Waals surface area contributed by atoms with Gasteiger partial charge in [0, 0.05) is 6.07 Å². The molecule has 8 heteroatoms. The fourth-order valence-corrected chi connectivity index (χ4v) is 1.08. The van der Waals surface area contributed by atoms with Crippen LogP contribution in [0.3, 0.4) is 0 Å². The average Bonchev–Trinajstić information content (AvgIpc) is 2.71. The van der Waals surface area contributed by atoms with Crippen molar-refractivity contribution in [2.75, 3.05) is 0 Å². The number of nitro groups is 1. The Labute approximate surface area is 82.9 Å². The Hall–Kier alpha value is -2.51. The highest BCUT2D eigenvalue weighted by Crippen LogP contribution is 2.27. The second-order valence-electron chi connectivity index (χ2n) is 2.68. The van der Waals surface area contributed by atoms with Gasteiger partial charge in [-0.2, -0.15) is 0 Å². The topological polar surface area (TPSA) is 107 Å². The highest BCUT2D eigenvalue weighted by atomic mass is 16.6. The quantitative estimate of drug-likeness (QED) is 0.559. The third kappa shape index (κ3) is 1.59. The van der Waals surface area contributed by atoms with Crippen LogP contribution in [0.15, 0.2) is 24.5 Å². The molecule has 2 aromatic rings. The summed E-state index contributed by atoms with van der Waals surface area (Å²) in [6.45, 7) is 0. The van der Waals surface area contributed by atoms with Crippen LogP contribution in [0, 0.1) is 10.1 Å². The van der Waals surface area contributed by atoms with Gasteiger partial charge in [0.2, 0.25) is 0 Å². The number of tetrazole rings is 1. The minimum Gasteiger partial charge on any atom is -0.502 e. The van der Waals surface area contributed by atoms with E-state index in [4.69, 9.17) is 0 Å². The Morgan fingerprint density at radius 3 is 2.87 bits per heavy atom. The molecule has 0 saturated heterocycles. The van der Waals surface area contributed by atoms with E-state index in [-0.39, 0.29) is 5.69 Å². The van der Waals surface area contributed by atoms with Crippen LogP contribution in [-0.4, -0.2) is 30.2 Å². The highest BCUT2D eigenvalue weighted by molar-refractivity contribution is 5.52. The van der Waals surface area contributed by atoms with Gasteiger partial charge in [-0.15, -0.1) is 5.10 Å². The van der Waals surface area contributed by atoms with E-state index in [1.54, 1.807) is 0 Å². The molecule has 0 aliphatic carbocycles. The number of nitrogens with zero attached hydrogens (tertiary/aromatic N) is 5. The van der Waals surface area contributed by atoms with Gasteiger partial charge in [0.05, 0.1) is 10.6 Å². The maximum atomic E-state index is 10.5. The lowest BCUT2D eigenvalue weighted by atomic mass is 10.2. The van der Waals surface area contributed by atoms with Crippen LogP contribution in [-0.2, 0) is 0 Å². The number of phenols is 1. The summed E-state index contributed by atoms with van der Waals surface area (Å²) in [5.41, 5.74) is 0.0208. The van der Waals surface area contributed by atoms with Gasteiger partial charge in [0.25, 0.3) is 0 Å². The van der Waals surface area contributed by atoms with Crippen molar-refractivity contribution in [2.24, 2.45) is 0 Å². The third-order valence-electron chi connectivity index (χ3n) is 1.77. The predicted molar refractivity (Wildman–Crippen MR) is 47.5 cm³/mol. The molecule has 0 saturated carbocycles. The summed E-state index contributed by atoms with van der Waals surface area (Å²) >= 11 is 0. The van der Waals surface area contributed by atoms with Gasteiger partial charge in [-0.25, -0.2) is 4.68 Å². The molecule has 1 aromatic carbocycles. The molecule has 8 nitrogen and oxygen atoms in total. The van der Waals surface area contributed by atoms with E-state index in [0.29, 0.717) is 5.69 Å². The zero-order valence-corrected chi connectivity index (χ0v) is 7.31. The first-order valence-electron chi connectivity index (χ1n) is 3.89. The normalized spacial score (nSPS) is 10.1. The number of hydrogen-bond acceptors (Lipinski definition) is 6. The van der Waals surface area contributed by atoms with Crippen LogP contribution >= 0.6 is 0 Å². The number of aromatic nitrogens is 4. The van der Waals surface area contributed by atoms with Crippen molar-refractivity contribution in [1.82, 2.24) is 20.2 Å². The predicted octanol–water partition coefficient (Wildman–Crippen LogP) is 0.276. The van der Waals surface area contributed by atoms with Crippen molar-refractivity contribution in [3.05, 3.63) is 34.6 Å². The van der Waals surface area contributed by atoms with E-state index in [1.807, 2.05) is 0 Å². The van der Waals surface area contributed by atoms with E-state index >= 15 is 0 Å². The number of aromatic hydroxyl groups is 1. The molecule has 1 heterocycles.